The minimum atomic E-state index is -0.119. The van der Waals surface area contributed by atoms with Crippen molar-refractivity contribution in [1.82, 2.24) is 0 Å². The summed E-state index contributed by atoms with van der Waals surface area (Å²) >= 11 is 0. The molecule has 1 amide bonds. The van der Waals surface area contributed by atoms with E-state index in [9.17, 15) is 9.90 Å². The summed E-state index contributed by atoms with van der Waals surface area (Å²) in [5.41, 5.74) is 5.67. The number of phenols is 1. The average Bonchev–Trinajstić information content (AvgIpc) is 3.34. The topological polar surface area (TPSA) is 70.6 Å². The Morgan fingerprint density at radius 3 is 2.54 bits per heavy atom. The Morgan fingerprint density at radius 2 is 1.83 bits per heavy atom. The molecular weight excluding hydrogens is 436 g/mol. The van der Waals surface area contributed by atoms with Crippen LogP contribution in [0.5, 0.6) is 11.5 Å². The van der Waals surface area contributed by atoms with Crippen LogP contribution in [0.25, 0.3) is 0 Å². The number of hydrogen-bond donors (Lipinski definition) is 3. The van der Waals surface area contributed by atoms with Gasteiger partial charge in [-0.05, 0) is 65.3 Å². The summed E-state index contributed by atoms with van der Waals surface area (Å²) in [5.74, 6) is 1.00. The number of carbonyl (C=O) groups excluding carboxylic acids is 1. The van der Waals surface area contributed by atoms with Crippen LogP contribution in [0.1, 0.15) is 66.2 Å². The molecule has 1 aliphatic carbocycles. The predicted octanol–water partition coefficient (Wildman–Crippen LogP) is 6.78. The molecule has 3 aromatic carbocycles. The first kappa shape index (κ1) is 23.0. The van der Waals surface area contributed by atoms with E-state index in [0.717, 1.165) is 28.9 Å². The van der Waals surface area contributed by atoms with Crippen LogP contribution in [0.15, 0.2) is 72.8 Å². The molecular formula is C30H32N2O3. The van der Waals surface area contributed by atoms with Gasteiger partial charge in [-0.3, -0.25) is 4.79 Å². The highest BCUT2D eigenvalue weighted by Gasteiger charge is 2.39. The molecule has 3 atom stereocenters. The van der Waals surface area contributed by atoms with E-state index in [1.165, 1.54) is 5.56 Å². The number of methoxy groups -OCH3 is 1. The zero-order chi connectivity index (χ0) is 24.7. The molecule has 5 heteroatoms. The van der Waals surface area contributed by atoms with Crippen LogP contribution in [0.2, 0.25) is 0 Å². The van der Waals surface area contributed by atoms with Crippen LogP contribution in [-0.2, 0) is 5.41 Å². The third kappa shape index (κ3) is 4.27. The summed E-state index contributed by atoms with van der Waals surface area (Å²) in [5, 5.41) is 17.5. The normalized spacial score (nSPS) is 20.5. The lowest BCUT2D eigenvalue weighted by Gasteiger charge is -2.38. The first-order chi connectivity index (χ1) is 16.8. The van der Waals surface area contributed by atoms with Gasteiger partial charge in [0.1, 0.15) is 0 Å². The van der Waals surface area contributed by atoms with Crippen molar-refractivity contribution in [2.45, 2.75) is 44.6 Å². The van der Waals surface area contributed by atoms with Crippen LogP contribution in [-0.4, -0.2) is 18.1 Å². The third-order valence-corrected chi connectivity index (χ3v) is 7.22. The number of amides is 1. The predicted molar refractivity (Wildman–Crippen MR) is 141 cm³/mol. The average molecular weight is 469 g/mol. The van der Waals surface area contributed by atoms with E-state index in [2.05, 4.69) is 49.6 Å². The molecule has 0 fully saturated rings. The number of aromatic hydroxyl groups is 1. The van der Waals surface area contributed by atoms with Crippen LogP contribution in [0.3, 0.4) is 0 Å². The highest BCUT2D eigenvalue weighted by molar-refractivity contribution is 6.04. The molecule has 35 heavy (non-hydrogen) atoms. The summed E-state index contributed by atoms with van der Waals surface area (Å²) in [4.78, 5) is 12.9. The summed E-state index contributed by atoms with van der Waals surface area (Å²) < 4.78 is 5.34. The van der Waals surface area contributed by atoms with Crippen LogP contribution < -0.4 is 15.4 Å². The van der Waals surface area contributed by atoms with Crippen LogP contribution in [0, 0.1) is 5.92 Å². The minimum Gasteiger partial charge on any atom is -0.504 e. The van der Waals surface area contributed by atoms with Gasteiger partial charge in [0.25, 0.3) is 5.91 Å². The number of nitrogens with one attached hydrogen (secondary N) is 2. The summed E-state index contributed by atoms with van der Waals surface area (Å²) in [6.45, 7) is 6.48. The molecule has 5 rings (SSSR count). The number of anilines is 2. The second kappa shape index (κ2) is 8.81. The molecule has 0 spiro atoms. The molecule has 3 N–H and O–H groups in total. The molecule has 0 saturated heterocycles. The maximum Gasteiger partial charge on any atom is 0.255 e. The number of hydrogen-bond acceptors (Lipinski definition) is 4. The van der Waals surface area contributed by atoms with Crippen LogP contribution >= 0.6 is 0 Å². The van der Waals surface area contributed by atoms with Crippen molar-refractivity contribution in [3.63, 3.8) is 0 Å². The molecule has 0 bridgehead atoms. The Bertz CT molecular complexity index is 1290. The highest BCUT2D eigenvalue weighted by Crippen LogP contribution is 2.52. The number of fused-ring (bicyclic) bond motifs is 3. The van der Waals surface area contributed by atoms with Gasteiger partial charge in [0.05, 0.1) is 13.2 Å². The fourth-order valence-electron chi connectivity index (χ4n) is 5.26. The summed E-state index contributed by atoms with van der Waals surface area (Å²) in [6.07, 6.45) is 5.36. The fraction of sp³-hybridized carbons (Fsp3) is 0.300. The maximum absolute atomic E-state index is 12.9. The molecule has 3 aromatic rings. The second-order valence-corrected chi connectivity index (χ2v) is 10.5. The number of allylic oxidation sites excluding steroid dienone is 2. The van der Waals surface area contributed by atoms with Gasteiger partial charge in [0, 0.05) is 28.4 Å². The first-order valence-electron chi connectivity index (χ1n) is 12.1. The maximum atomic E-state index is 12.9. The Hall–Kier alpha value is -3.73. The first-order valence-corrected chi connectivity index (χ1v) is 12.1. The number of benzene rings is 3. The van der Waals surface area contributed by atoms with Crippen molar-refractivity contribution >= 4 is 17.3 Å². The smallest absolute Gasteiger partial charge is 0.255 e. The van der Waals surface area contributed by atoms with E-state index in [4.69, 9.17) is 4.74 Å². The second-order valence-electron chi connectivity index (χ2n) is 10.5. The van der Waals surface area contributed by atoms with Gasteiger partial charge in [0.2, 0.25) is 0 Å². The van der Waals surface area contributed by atoms with Gasteiger partial charge in [-0.25, -0.2) is 0 Å². The van der Waals surface area contributed by atoms with Gasteiger partial charge in [-0.15, -0.1) is 0 Å². The van der Waals surface area contributed by atoms with Crippen LogP contribution in [0.4, 0.5) is 11.4 Å². The Morgan fingerprint density at radius 1 is 1.06 bits per heavy atom. The van der Waals surface area contributed by atoms with Gasteiger partial charge < -0.3 is 20.5 Å². The molecule has 1 aliphatic heterocycles. The molecule has 5 nitrogen and oxygen atoms in total. The highest BCUT2D eigenvalue weighted by atomic mass is 16.5. The number of carbonyl (C=O) groups is 1. The Balaban J connectivity index is 1.40. The summed E-state index contributed by atoms with van der Waals surface area (Å²) in [6, 6.07) is 19.4. The molecule has 0 aromatic heterocycles. The van der Waals surface area contributed by atoms with Crippen molar-refractivity contribution in [2.24, 2.45) is 5.92 Å². The molecule has 2 aliphatic rings. The number of para-hydroxylation sites is 1. The molecule has 1 heterocycles. The summed E-state index contributed by atoms with van der Waals surface area (Å²) in [7, 11) is 1.57. The zero-order valence-corrected chi connectivity index (χ0v) is 20.6. The lowest BCUT2D eigenvalue weighted by atomic mass is 9.76. The zero-order valence-electron chi connectivity index (χ0n) is 20.6. The van der Waals surface area contributed by atoms with Gasteiger partial charge in [0.15, 0.2) is 11.5 Å². The van der Waals surface area contributed by atoms with E-state index in [1.807, 2.05) is 48.5 Å². The SMILES string of the molecule is COc1cccc(C2Nc3ccc(NC(=O)c4ccc(C(C)(C)C)cc4)cc3C3C=CCC32)c1O. The van der Waals surface area contributed by atoms with Crippen molar-refractivity contribution in [3.05, 3.63) is 95.1 Å². The molecule has 180 valence electrons. The van der Waals surface area contributed by atoms with E-state index in [-0.39, 0.29) is 34.9 Å². The van der Waals surface area contributed by atoms with Crippen molar-refractivity contribution in [3.8, 4) is 11.5 Å². The quantitative estimate of drug-likeness (QED) is 0.369. The van der Waals surface area contributed by atoms with E-state index < -0.39 is 0 Å². The molecule has 0 radical (unpaired) electrons. The van der Waals surface area contributed by atoms with Gasteiger partial charge >= 0.3 is 0 Å². The standard InChI is InChI=1S/C30H32N2O3/c1-30(2,3)19-13-11-18(12-14-19)29(34)31-20-15-16-25-24(17-20)21-7-5-8-22(21)27(32-25)23-9-6-10-26(35-4)28(23)33/h5-7,9-17,21-22,27,32-33H,8H2,1-4H3,(H,31,34). The Kier molecular flexibility index (Phi) is 5.79. The van der Waals surface area contributed by atoms with E-state index in [1.54, 1.807) is 13.2 Å². The molecule has 3 unspecified atom stereocenters. The van der Waals surface area contributed by atoms with Crippen molar-refractivity contribution in [1.29, 1.82) is 0 Å². The third-order valence-electron chi connectivity index (χ3n) is 7.22. The lowest BCUT2D eigenvalue weighted by Crippen LogP contribution is -2.29. The van der Waals surface area contributed by atoms with E-state index >= 15 is 0 Å². The van der Waals surface area contributed by atoms with Crippen molar-refractivity contribution in [2.75, 3.05) is 17.7 Å². The van der Waals surface area contributed by atoms with Gasteiger partial charge in [-0.1, -0.05) is 57.2 Å². The number of ether oxygens (including phenoxy) is 1. The lowest BCUT2D eigenvalue weighted by molar-refractivity contribution is 0.102. The van der Waals surface area contributed by atoms with Crippen molar-refractivity contribution < 1.29 is 14.6 Å². The number of phenolic OH excluding ortho intramolecular Hbond substituents is 1. The minimum absolute atomic E-state index is 0.0422. The number of rotatable bonds is 4. The fourth-order valence-corrected chi connectivity index (χ4v) is 5.26. The largest absolute Gasteiger partial charge is 0.504 e. The Labute approximate surface area is 206 Å². The molecule has 0 saturated carbocycles. The van der Waals surface area contributed by atoms with E-state index in [0.29, 0.717) is 11.3 Å². The van der Waals surface area contributed by atoms with Gasteiger partial charge in [-0.2, -0.15) is 0 Å². The monoisotopic (exact) mass is 468 g/mol.